The first-order valence-corrected chi connectivity index (χ1v) is 10.9. The molecule has 0 radical (unpaired) electrons. The van der Waals surface area contributed by atoms with Crippen LogP contribution in [0.4, 0.5) is 0 Å². The number of hydrogen-bond acceptors (Lipinski definition) is 5. The number of H-pyrrole nitrogens is 1. The maximum absolute atomic E-state index is 11.5. The van der Waals surface area contributed by atoms with Crippen molar-refractivity contribution in [3.05, 3.63) is 72.7 Å². The topological polar surface area (TPSA) is 101 Å². The zero-order valence-electron chi connectivity index (χ0n) is 18.3. The fourth-order valence-electron chi connectivity index (χ4n) is 4.06. The summed E-state index contributed by atoms with van der Waals surface area (Å²) in [5.74, 6) is 0.362. The van der Waals surface area contributed by atoms with E-state index in [0.717, 1.165) is 40.1 Å². The van der Waals surface area contributed by atoms with E-state index in [1.807, 2.05) is 61.7 Å². The number of nitrogens with zero attached hydrogens (tertiary/aromatic N) is 3. The van der Waals surface area contributed by atoms with Gasteiger partial charge in [0.2, 0.25) is 5.88 Å². The number of benzene rings is 1. The Labute approximate surface area is 191 Å². The summed E-state index contributed by atoms with van der Waals surface area (Å²) in [5, 5.41) is 9.46. The van der Waals surface area contributed by atoms with Gasteiger partial charge in [-0.05, 0) is 37.0 Å². The van der Waals surface area contributed by atoms with Crippen LogP contribution in [0.3, 0.4) is 0 Å². The van der Waals surface area contributed by atoms with Crippen LogP contribution in [-0.2, 0) is 4.79 Å². The van der Waals surface area contributed by atoms with Crippen molar-refractivity contribution >= 4 is 5.97 Å². The molecule has 0 unspecified atom stereocenters. The number of pyridine rings is 2. The van der Waals surface area contributed by atoms with E-state index < -0.39 is 11.4 Å². The van der Waals surface area contributed by atoms with Gasteiger partial charge in [0.25, 0.3) is 0 Å². The highest BCUT2D eigenvalue weighted by atomic mass is 16.5. The predicted molar refractivity (Wildman–Crippen MR) is 125 cm³/mol. The highest BCUT2D eigenvalue weighted by molar-refractivity contribution is 5.76. The number of hydrogen-bond donors (Lipinski definition) is 2. The fourth-order valence-corrected chi connectivity index (χ4v) is 4.06. The summed E-state index contributed by atoms with van der Waals surface area (Å²) in [6.45, 7) is 2.13. The van der Waals surface area contributed by atoms with Gasteiger partial charge in [-0.2, -0.15) is 0 Å². The number of ether oxygens (including phenoxy) is 1. The number of rotatable bonds is 7. The van der Waals surface area contributed by atoms with Gasteiger partial charge in [-0.25, -0.2) is 9.97 Å². The van der Waals surface area contributed by atoms with Crippen molar-refractivity contribution in [3.63, 3.8) is 0 Å². The monoisotopic (exact) mass is 440 g/mol. The van der Waals surface area contributed by atoms with Crippen LogP contribution in [0.25, 0.3) is 33.9 Å². The quantitative estimate of drug-likeness (QED) is 0.412. The molecule has 7 heteroatoms. The van der Waals surface area contributed by atoms with E-state index in [1.54, 1.807) is 12.4 Å². The molecule has 0 saturated heterocycles. The molecule has 166 valence electrons. The number of carbonyl (C=O) groups is 1. The smallest absolute Gasteiger partial charge is 0.313 e. The number of aromatic amines is 1. The summed E-state index contributed by atoms with van der Waals surface area (Å²) in [4.78, 5) is 28.3. The van der Waals surface area contributed by atoms with Crippen LogP contribution in [-0.4, -0.2) is 37.6 Å². The van der Waals surface area contributed by atoms with Crippen LogP contribution in [0, 0.1) is 12.3 Å². The Kier molecular flexibility index (Phi) is 5.38. The van der Waals surface area contributed by atoms with Crippen molar-refractivity contribution < 1.29 is 14.6 Å². The Morgan fingerprint density at radius 1 is 1.03 bits per heavy atom. The van der Waals surface area contributed by atoms with E-state index >= 15 is 0 Å². The van der Waals surface area contributed by atoms with E-state index in [2.05, 4.69) is 19.9 Å². The lowest BCUT2D eigenvalue weighted by atomic mass is 9.69. The first-order valence-electron chi connectivity index (χ1n) is 10.9. The van der Waals surface area contributed by atoms with Crippen LogP contribution in [0.15, 0.2) is 67.1 Å². The van der Waals surface area contributed by atoms with Gasteiger partial charge >= 0.3 is 5.97 Å². The Bertz CT molecular complexity index is 1280. The molecule has 0 aliphatic heterocycles. The zero-order valence-corrected chi connectivity index (χ0v) is 18.3. The summed E-state index contributed by atoms with van der Waals surface area (Å²) in [7, 11) is 0. The van der Waals surface area contributed by atoms with Gasteiger partial charge in [0.05, 0.1) is 11.9 Å². The molecular weight excluding hydrogens is 416 g/mol. The van der Waals surface area contributed by atoms with Gasteiger partial charge in [0, 0.05) is 29.6 Å². The second-order valence-electron chi connectivity index (χ2n) is 8.51. The van der Waals surface area contributed by atoms with Gasteiger partial charge in [-0.3, -0.25) is 9.78 Å². The van der Waals surface area contributed by atoms with Crippen LogP contribution < -0.4 is 4.74 Å². The minimum Gasteiger partial charge on any atom is -0.481 e. The maximum Gasteiger partial charge on any atom is 0.313 e. The molecule has 1 fully saturated rings. The molecule has 0 atom stereocenters. The minimum absolute atomic E-state index is 0.151. The lowest BCUT2D eigenvalue weighted by Crippen LogP contribution is -2.43. The number of nitrogens with one attached hydrogen (secondary N) is 1. The number of carboxylic acids is 1. The lowest BCUT2D eigenvalue weighted by molar-refractivity contribution is -0.157. The van der Waals surface area contributed by atoms with Crippen LogP contribution in [0.1, 0.15) is 24.8 Å². The number of aliphatic carboxylic acids is 1. The molecule has 7 nitrogen and oxygen atoms in total. The van der Waals surface area contributed by atoms with E-state index in [9.17, 15) is 9.90 Å². The van der Waals surface area contributed by atoms with E-state index in [1.165, 1.54) is 0 Å². The molecule has 3 aromatic heterocycles. The van der Waals surface area contributed by atoms with Crippen molar-refractivity contribution in [2.24, 2.45) is 5.41 Å². The Morgan fingerprint density at radius 2 is 1.85 bits per heavy atom. The maximum atomic E-state index is 11.5. The number of aryl methyl sites for hydroxylation is 1. The molecule has 3 heterocycles. The lowest BCUT2D eigenvalue weighted by Gasteiger charge is -2.36. The molecule has 0 bridgehead atoms. The predicted octanol–water partition coefficient (Wildman–Crippen LogP) is 5.14. The SMILES string of the molecule is Cc1cc(OCC2(C(=O)O)CCC2)ncc1-c1ccc(-c2ncc(-c3ccccc3)[nH]2)nc1. The zero-order chi connectivity index (χ0) is 22.8. The third-order valence-electron chi connectivity index (χ3n) is 6.32. The highest BCUT2D eigenvalue weighted by Gasteiger charge is 2.45. The van der Waals surface area contributed by atoms with E-state index in [-0.39, 0.29) is 6.61 Å². The summed E-state index contributed by atoms with van der Waals surface area (Å²) in [6.07, 6.45) is 7.59. The first-order chi connectivity index (χ1) is 16.0. The molecule has 1 saturated carbocycles. The molecule has 4 aromatic rings. The Morgan fingerprint density at radius 3 is 2.48 bits per heavy atom. The van der Waals surface area contributed by atoms with Crippen molar-refractivity contribution in [2.45, 2.75) is 26.2 Å². The molecule has 0 amide bonds. The Hall–Kier alpha value is -4.00. The van der Waals surface area contributed by atoms with E-state index in [4.69, 9.17) is 4.74 Å². The minimum atomic E-state index is -0.791. The largest absolute Gasteiger partial charge is 0.481 e. The van der Waals surface area contributed by atoms with Gasteiger partial charge in [0.1, 0.15) is 17.7 Å². The highest BCUT2D eigenvalue weighted by Crippen LogP contribution is 2.41. The second-order valence-corrected chi connectivity index (χ2v) is 8.51. The summed E-state index contributed by atoms with van der Waals surface area (Å²) in [6, 6.07) is 15.8. The fraction of sp³-hybridized carbons (Fsp3) is 0.231. The molecule has 1 aliphatic rings. The Balaban J connectivity index is 1.30. The van der Waals surface area contributed by atoms with Crippen molar-refractivity contribution in [1.82, 2.24) is 19.9 Å². The molecular formula is C26H24N4O3. The van der Waals surface area contributed by atoms with Crippen LogP contribution in [0.2, 0.25) is 0 Å². The number of carboxylic acid groups (broad SMARTS) is 1. The van der Waals surface area contributed by atoms with Gasteiger partial charge in [-0.15, -0.1) is 0 Å². The standard InChI is InChI=1S/C26H24N4O3/c1-17-12-23(33-16-26(25(31)32)10-5-11-26)28-14-20(17)19-8-9-21(27-13-19)24-29-15-22(30-24)18-6-3-2-4-7-18/h2-4,6-9,12-15H,5,10-11,16H2,1H3,(H,29,30)(H,31,32). The van der Waals surface area contributed by atoms with E-state index in [0.29, 0.717) is 24.5 Å². The third kappa shape index (κ3) is 4.09. The molecule has 33 heavy (non-hydrogen) atoms. The van der Waals surface area contributed by atoms with Crippen LogP contribution >= 0.6 is 0 Å². The molecule has 1 aliphatic carbocycles. The number of aromatic nitrogens is 4. The van der Waals surface area contributed by atoms with Crippen molar-refractivity contribution in [3.8, 4) is 39.8 Å². The molecule has 2 N–H and O–H groups in total. The van der Waals surface area contributed by atoms with Gasteiger partial charge in [-0.1, -0.05) is 42.8 Å². The normalized spacial score (nSPS) is 14.5. The average molecular weight is 441 g/mol. The second kappa shape index (κ2) is 8.50. The molecule has 1 aromatic carbocycles. The molecule has 5 rings (SSSR count). The first kappa shape index (κ1) is 20.9. The van der Waals surface area contributed by atoms with Gasteiger partial charge in [0.15, 0.2) is 5.82 Å². The summed E-state index contributed by atoms with van der Waals surface area (Å²) < 4.78 is 5.74. The number of imidazole rings is 1. The summed E-state index contributed by atoms with van der Waals surface area (Å²) in [5.41, 5.74) is 4.87. The summed E-state index contributed by atoms with van der Waals surface area (Å²) >= 11 is 0. The van der Waals surface area contributed by atoms with Gasteiger partial charge < -0.3 is 14.8 Å². The van der Waals surface area contributed by atoms with Crippen molar-refractivity contribution in [1.29, 1.82) is 0 Å². The van der Waals surface area contributed by atoms with Crippen molar-refractivity contribution in [2.75, 3.05) is 6.61 Å². The average Bonchev–Trinajstić information content (AvgIpc) is 3.29. The van der Waals surface area contributed by atoms with Crippen LogP contribution in [0.5, 0.6) is 5.88 Å². The molecule has 0 spiro atoms. The third-order valence-corrected chi connectivity index (χ3v) is 6.32.